The van der Waals surface area contributed by atoms with Gasteiger partial charge in [0.15, 0.2) is 0 Å². The molecule has 1 rings (SSSR count). The Bertz CT molecular complexity index is 312. The highest BCUT2D eigenvalue weighted by Crippen LogP contribution is 2.04. The van der Waals surface area contributed by atoms with E-state index in [1.165, 1.54) is 0 Å². The molecule has 0 radical (unpaired) electrons. The van der Waals surface area contributed by atoms with E-state index in [1.807, 2.05) is 4.68 Å². The molecule has 0 bridgehead atoms. The molecule has 1 aromatic heterocycles. The van der Waals surface area contributed by atoms with Crippen LogP contribution in [0.5, 0.6) is 0 Å². The second-order valence-corrected chi connectivity index (χ2v) is 4.45. The van der Waals surface area contributed by atoms with E-state index in [2.05, 4.69) is 50.2 Å². The van der Waals surface area contributed by atoms with Crippen LogP contribution in [0.3, 0.4) is 0 Å². The molecule has 0 aromatic carbocycles. The standard InChI is InChI=1S/C13H25N3O/c1-5-15(6-2)10-13(17)9-14-16-11(3)7-8-12(16)4/h7-8,13-14,17H,5-6,9-10H2,1-4H3. The molecule has 98 valence electrons. The Morgan fingerprint density at radius 2 is 1.76 bits per heavy atom. The third kappa shape index (κ3) is 4.06. The molecule has 1 unspecified atom stereocenters. The Kier molecular flexibility index (Phi) is 5.51. The first kappa shape index (κ1) is 14.1. The highest BCUT2D eigenvalue weighted by atomic mass is 16.3. The summed E-state index contributed by atoms with van der Waals surface area (Å²) < 4.78 is 2.02. The summed E-state index contributed by atoms with van der Waals surface area (Å²) in [6, 6.07) is 4.14. The summed E-state index contributed by atoms with van der Waals surface area (Å²) in [7, 11) is 0. The maximum atomic E-state index is 9.94. The predicted octanol–water partition coefficient (Wildman–Crippen LogP) is 1.35. The molecule has 2 N–H and O–H groups in total. The van der Waals surface area contributed by atoms with Crippen molar-refractivity contribution in [1.82, 2.24) is 9.58 Å². The fourth-order valence-corrected chi connectivity index (χ4v) is 1.96. The number of aryl methyl sites for hydroxylation is 2. The molecular formula is C13H25N3O. The summed E-state index contributed by atoms with van der Waals surface area (Å²) in [5.74, 6) is 0. The maximum absolute atomic E-state index is 9.94. The first-order valence-electron chi connectivity index (χ1n) is 6.37. The zero-order valence-electron chi connectivity index (χ0n) is 11.4. The van der Waals surface area contributed by atoms with Crippen LogP contribution < -0.4 is 5.43 Å². The van der Waals surface area contributed by atoms with Gasteiger partial charge in [-0.3, -0.25) is 4.68 Å². The molecule has 4 nitrogen and oxygen atoms in total. The van der Waals surface area contributed by atoms with Gasteiger partial charge in [-0.1, -0.05) is 13.8 Å². The minimum absolute atomic E-state index is 0.337. The number of hydrogen-bond acceptors (Lipinski definition) is 3. The van der Waals surface area contributed by atoms with Gasteiger partial charge in [0.05, 0.1) is 12.6 Å². The number of nitrogens with one attached hydrogen (secondary N) is 1. The maximum Gasteiger partial charge on any atom is 0.0855 e. The average Bonchev–Trinajstić information content (AvgIpc) is 2.63. The molecular weight excluding hydrogens is 214 g/mol. The summed E-state index contributed by atoms with van der Waals surface area (Å²) in [5, 5.41) is 9.94. The molecule has 0 aliphatic heterocycles. The van der Waals surface area contributed by atoms with Crippen LogP contribution in [0.4, 0.5) is 0 Å². The zero-order chi connectivity index (χ0) is 12.8. The summed E-state index contributed by atoms with van der Waals surface area (Å²) >= 11 is 0. The third-order valence-electron chi connectivity index (χ3n) is 3.12. The number of rotatable bonds is 7. The summed E-state index contributed by atoms with van der Waals surface area (Å²) in [6.07, 6.45) is -0.337. The van der Waals surface area contributed by atoms with Crippen molar-refractivity contribution in [3.63, 3.8) is 0 Å². The monoisotopic (exact) mass is 239 g/mol. The van der Waals surface area contributed by atoms with Crippen molar-refractivity contribution in [1.29, 1.82) is 0 Å². The second kappa shape index (κ2) is 6.67. The van der Waals surface area contributed by atoms with Crippen LogP contribution in [0.25, 0.3) is 0 Å². The Balaban J connectivity index is 2.40. The van der Waals surface area contributed by atoms with E-state index in [-0.39, 0.29) is 6.10 Å². The van der Waals surface area contributed by atoms with Gasteiger partial charge in [0.2, 0.25) is 0 Å². The fraction of sp³-hybridized carbons (Fsp3) is 0.692. The SMILES string of the molecule is CCN(CC)CC(O)CNn1c(C)ccc1C. The van der Waals surface area contributed by atoms with Crippen molar-refractivity contribution in [2.45, 2.75) is 33.8 Å². The summed E-state index contributed by atoms with van der Waals surface area (Å²) in [6.45, 7) is 11.6. The zero-order valence-corrected chi connectivity index (χ0v) is 11.4. The van der Waals surface area contributed by atoms with Gasteiger partial charge in [-0.25, -0.2) is 0 Å². The van der Waals surface area contributed by atoms with Gasteiger partial charge < -0.3 is 15.4 Å². The summed E-state index contributed by atoms with van der Waals surface area (Å²) in [5.41, 5.74) is 5.58. The predicted molar refractivity (Wildman–Crippen MR) is 71.9 cm³/mol. The van der Waals surface area contributed by atoms with Crippen LogP contribution >= 0.6 is 0 Å². The quantitative estimate of drug-likeness (QED) is 0.754. The van der Waals surface area contributed by atoms with E-state index in [4.69, 9.17) is 0 Å². The average molecular weight is 239 g/mol. The first-order valence-corrected chi connectivity index (χ1v) is 6.37. The van der Waals surface area contributed by atoms with Gasteiger partial charge in [0.1, 0.15) is 0 Å². The smallest absolute Gasteiger partial charge is 0.0855 e. The first-order chi connectivity index (χ1) is 8.08. The van der Waals surface area contributed by atoms with Gasteiger partial charge in [-0.2, -0.15) is 0 Å². The fourth-order valence-electron chi connectivity index (χ4n) is 1.96. The largest absolute Gasteiger partial charge is 0.390 e. The van der Waals surface area contributed by atoms with Crippen LogP contribution in [0.15, 0.2) is 12.1 Å². The van der Waals surface area contributed by atoms with Crippen LogP contribution in [-0.4, -0.2) is 47.0 Å². The number of aromatic nitrogens is 1. The molecule has 0 saturated carbocycles. The van der Waals surface area contributed by atoms with Crippen molar-refractivity contribution >= 4 is 0 Å². The van der Waals surface area contributed by atoms with E-state index in [1.54, 1.807) is 0 Å². The van der Waals surface area contributed by atoms with Crippen molar-refractivity contribution in [2.24, 2.45) is 0 Å². The molecule has 0 saturated heterocycles. The number of hydrogen-bond donors (Lipinski definition) is 2. The van der Waals surface area contributed by atoms with Crippen molar-refractivity contribution in [3.8, 4) is 0 Å². The summed E-state index contributed by atoms with van der Waals surface area (Å²) in [4.78, 5) is 2.22. The number of likely N-dealkylation sites (N-methyl/N-ethyl adjacent to an activating group) is 1. The number of aliphatic hydroxyl groups excluding tert-OH is 1. The number of aliphatic hydroxyl groups is 1. The Labute approximate surface area is 104 Å². The van der Waals surface area contributed by atoms with Crippen molar-refractivity contribution in [2.75, 3.05) is 31.6 Å². The van der Waals surface area contributed by atoms with Crippen LogP contribution in [-0.2, 0) is 0 Å². The highest BCUT2D eigenvalue weighted by molar-refractivity contribution is 5.15. The normalized spacial score (nSPS) is 13.1. The second-order valence-electron chi connectivity index (χ2n) is 4.45. The van der Waals surface area contributed by atoms with Crippen molar-refractivity contribution < 1.29 is 5.11 Å². The van der Waals surface area contributed by atoms with E-state index < -0.39 is 0 Å². The van der Waals surface area contributed by atoms with E-state index in [0.29, 0.717) is 6.54 Å². The Morgan fingerprint density at radius 1 is 1.24 bits per heavy atom. The van der Waals surface area contributed by atoms with Crippen LogP contribution in [0.1, 0.15) is 25.2 Å². The molecule has 0 spiro atoms. The van der Waals surface area contributed by atoms with E-state index in [9.17, 15) is 5.11 Å². The molecule has 17 heavy (non-hydrogen) atoms. The lowest BCUT2D eigenvalue weighted by Crippen LogP contribution is -2.38. The lowest BCUT2D eigenvalue weighted by Gasteiger charge is -2.23. The Hall–Kier alpha value is -1.00. The molecule has 0 aliphatic carbocycles. The van der Waals surface area contributed by atoms with Crippen molar-refractivity contribution in [3.05, 3.63) is 23.5 Å². The molecule has 4 heteroatoms. The minimum Gasteiger partial charge on any atom is -0.390 e. The van der Waals surface area contributed by atoms with Crippen LogP contribution in [0, 0.1) is 13.8 Å². The van der Waals surface area contributed by atoms with E-state index >= 15 is 0 Å². The van der Waals surface area contributed by atoms with Gasteiger partial charge >= 0.3 is 0 Å². The molecule has 0 amide bonds. The van der Waals surface area contributed by atoms with Gasteiger partial charge in [0, 0.05) is 17.9 Å². The topological polar surface area (TPSA) is 40.4 Å². The molecule has 1 aromatic rings. The lowest BCUT2D eigenvalue weighted by molar-refractivity contribution is 0.125. The minimum atomic E-state index is -0.337. The molecule has 1 heterocycles. The molecule has 1 atom stereocenters. The van der Waals surface area contributed by atoms with Gasteiger partial charge in [-0.15, -0.1) is 0 Å². The Morgan fingerprint density at radius 3 is 2.24 bits per heavy atom. The highest BCUT2D eigenvalue weighted by Gasteiger charge is 2.09. The van der Waals surface area contributed by atoms with Gasteiger partial charge in [-0.05, 0) is 39.1 Å². The lowest BCUT2D eigenvalue weighted by atomic mass is 10.3. The molecule has 0 fully saturated rings. The van der Waals surface area contributed by atoms with Gasteiger partial charge in [0.25, 0.3) is 0 Å². The molecule has 0 aliphatic rings. The van der Waals surface area contributed by atoms with Crippen LogP contribution in [0.2, 0.25) is 0 Å². The number of nitrogens with zero attached hydrogens (tertiary/aromatic N) is 2. The van der Waals surface area contributed by atoms with E-state index in [0.717, 1.165) is 31.0 Å². The third-order valence-corrected chi connectivity index (χ3v) is 3.12.